The molecule has 0 radical (unpaired) electrons. The average Bonchev–Trinajstić information content (AvgIpc) is 2.90. The number of thioether (sulfide) groups is 1. The van der Waals surface area contributed by atoms with Crippen LogP contribution in [0.25, 0.3) is 0 Å². The Labute approximate surface area is 125 Å². The van der Waals surface area contributed by atoms with Gasteiger partial charge in [0.1, 0.15) is 0 Å². The highest BCUT2D eigenvalue weighted by Crippen LogP contribution is 2.21. The van der Waals surface area contributed by atoms with Crippen molar-refractivity contribution >= 4 is 30.1 Å². The van der Waals surface area contributed by atoms with Crippen LogP contribution in [0, 0.1) is 6.92 Å². The van der Waals surface area contributed by atoms with Crippen molar-refractivity contribution in [3.8, 4) is 0 Å². The van der Waals surface area contributed by atoms with Crippen LogP contribution in [0.2, 0.25) is 0 Å². The molecule has 1 aliphatic heterocycles. The fraction of sp³-hybridized carbons (Fsp3) is 0.500. The number of carbonyl (C=O) groups is 1. The molecule has 0 saturated carbocycles. The summed E-state index contributed by atoms with van der Waals surface area (Å²) >= 11 is 1.73. The standard InChI is InChI=1S/C14H20N2OS.ClH/c1-10-5-6-11(13(8-10)18-2)9-16-14(17)12-4-3-7-15-12;/h5-6,8,12,15H,3-4,7,9H2,1-2H3,(H,16,17);1H. The van der Waals surface area contributed by atoms with E-state index in [9.17, 15) is 4.79 Å². The van der Waals surface area contributed by atoms with Crippen molar-refractivity contribution in [2.24, 2.45) is 0 Å². The highest BCUT2D eigenvalue weighted by molar-refractivity contribution is 7.98. The zero-order valence-corrected chi connectivity index (χ0v) is 13.0. The predicted molar refractivity (Wildman–Crippen MR) is 83.1 cm³/mol. The van der Waals surface area contributed by atoms with Gasteiger partial charge < -0.3 is 10.6 Å². The van der Waals surface area contributed by atoms with Gasteiger partial charge in [-0.1, -0.05) is 12.1 Å². The first-order chi connectivity index (χ1) is 8.70. The largest absolute Gasteiger partial charge is 0.351 e. The molecule has 1 aromatic rings. The van der Waals surface area contributed by atoms with Crippen molar-refractivity contribution in [1.82, 2.24) is 10.6 Å². The Hall–Kier alpha value is -0.710. The van der Waals surface area contributed by atoms with E-state index in [1.54, 1.807) is 11.8 Å². The molecule has 2 N–H and O–H groups in total. The van der Waals surface area contributed by atoms with E-state index in [1.165, 1.54) is 16.0 Å². The Balaban J connectivity index is 0.00000180. The molecule has 1 atom stereocenters. The van der Waals surface area contributed by atoms with E-state index in [4.69, 9.17) is 0 Å². The topological polar surface area (TPSA) is 41.1 Å². The highest BCUT2D eigenvalue weighted by atomic mass is 35.5. The smallest absolute Gasteiger partial charge is 0.237 e. The average molecular weight is 301 g/mol. The van der Waals surface area contributed by atoms with Crippen LogP contribution in [0.4, 0.5) is 0 Å². The van der Waals surface area contributed by atoms with E-state index in [0.717, 1.165) is 19.4 Å². The van der Waals surface area contributed by atoms with Crippen molar-refractivity contribution in [2.45, 2.75) is 37.2 Å². The molecule has 1 amide bonds. The lowest BCUT2D eigenvalue weighted by atomic mass is 10.1. The molecule has 1 aliphatic rings. The number of benzene rings is 1. The lowest BCUT2D eigenvalue weighted by Gasteiger charge is -2.13. The molecular formula is C14H21ClN2OS. The van der Waals surface area contributed by atoms with Gasteiger partial charge in [0.05, 0.1) is 6.04 Å². The van der Waals surface area contributed by atoms with E-state index in [1.807, 2.05) is 0 Å². The number of nitrogens with one attached hydrogen (secondary N) is 2. The molecule has 106 valence electrons. The van der Waals surface area contributed by atoms with E-state index < -0.39 is 0 Å². The van der Waals surface area contributed by atoms with Gasteiger partial charge in [0.2, 0.25) is 5.91 Å². The van der Waals surface area contributed by atoms with Gasteiger partial charge in [-0.3, -0.25) is 4.79 Å². The van der Waals surface area contributed by atoms with E-state index in [0.29, 0.717) is 6.54 Å². The number of aryl methyl sites for hydroxylation is 1. The number of rotatable bonds is 4. The Morgan fingerprint density at radius 3 is 2.95 bits per heavy atom. The molecule has 1 saturated heterocycles. The summed E-state index contributed by atoms with van der Waals surface area (Å²) in [7, 11) is 0. The van der Waals surface area contributed by atoms with Gasteiger partial charge in [-0.2, -0.15) is 0 Å². The molecule has 0 aliphatic carbocycles. The Morgan fingerprint density at radius 2 is 2.32 bits per heavy atom. The summed E-state index contributed by atoms with van der Waals surface area (Å²) in [4.78, 5) is 13.1. The van der Waals surface area contributed by atoms with Crippen molar-refractivity contribution in [2.75, 3.05) is 12.8 Å². The fourth-order valence-electron chi connectivity index (χ4n) is 2.21. The first-order valence-electron chi connectivity index (χ1n) is 6.35. The maximum Gasteiger partial charge on any atom is 0.237 e. The van der Waals surface area contributed by atoms with Gasteiger partial charge in [-0.25, -0.2) is 0 Å². The first kappa shape index (κ1) is 16.3. The SMILES string of the molecule is CSc1cc(C)ccc1CNC(=O)C1CCCN1.Cl. The Morgan fingerprint density at radius 1 is 1.53 bits per heavy atom. The maximum atomic E-state index is 11.9. The second kappa shape index (κ2) is 7.78. The van der Waals surface area contributed by atoms with Gasteiger partial charge in [-0.05, 0) is 49.8 Å². The number of hydrogen-bond acceptors (Lipinski definition) is 3. The van der Waals surface area contributed by atoms with Gasteiger partial charge in [-0.15, -0.1) is 24.2 Å². The first-order valence-corrected chi connectivity index (χ1v) is 7.58. The normalized spacial score (nSPS) is 17.9. The molecule has 5 heteroatoms. The number of halogens is 1. The lowest BCUT2D eigenvalue weighted by Crippen LogP contribution is -2.40. The summed E-state index contributed by atoms with van der Waals surface area (Å²) in [6.07, 6.45) is 4.12. The molecule has 0 spiro atoms. The summed E-state index contributed by atoms with van der Waals surface area (Å²) in [5, 5.41) is 6.23. The molecular weight excluding hydrogens is 280 g/mol. The molecule has 19 heavy (non-hydrogen) atoms. The molecule has 2 rings (SSSR count). The number of amides is 1. The van der Waals surface area contributed by atoms with Gasteiger partial charge in [0, 0.05) is 11.4 Å². The van der Waals surface area contributed by atoms with Crippen LogP contribution in [0.15, 0.2) is 23.1 Å². The minimum absolute atomic E-state index is 0. The van der Waals surface area contributed by atoms with Crippen molar-refractivity contribution < 1.29 is 4.79 Å². The van der Waals surface area contributed by atoms with Crippen molar-refractivity contribution in [1.29, 1.82) is 0 Å². The summed E-state index contributed by atoms with van der Waals surface area (Å²) in [6, 6.07) is 6.37. The summed E-state index contributed by atoms with van der Waals surface area (Å²) < 4.78 is 0. The predicted octanol–water partition coefficient (Wildman–Crippen LogP) is 2.51. The molecule has 0 aromatic heterocycles. The van der Waals surface area contributed by atoms with Crippen LogP contribution >= 0.6 is 24.2 Å². The van der Waals surface area contributed by atoms with Crippen LogP contribution in [0.3, 0.4) is 0 Å². The van der Waals surface area contributed by atoms with E-state index >= 15 is 0 Å². The third-order valence-electron chi connectivity index (χ3n) is 3.27. The minimum atomic E-state index is 0. The van der Waals surface area contributed by atoms with Crippen LogP contribution in [0.1, 0.15) is 24.0 Å². The van der Waals surface area contributed by atoms with Crippen molar-refractivity contribution in [3.05, 3.63) is 29.3 Å². The zero-order chi connectivity index (χ0) is 13.0. The van der Waals surface area contributed by atoms with Gasteiger partial charge in [0.15, 0.2) is 0 Å². The Kier molecular flexibility index (Phi) is 6.69. The molecule has 1 fully saturated rings. The molecule has 1 unspecified atom stereocenters. The second-order valence-corrected chi connectivity index (χ2v) is 5.53. The molecule has 1 aromatic carbocycles. The Bertz CT molecular complexity index is 433. The monoisotopic (exact) mass is 300 g/mol. The summed E-state index contributed by atoms with van der Waals surface area (Å²) in [6.45, 7) is 3.66. The summed E-state index contributed by atoms with van der Waals surface area (Å²) in [5.41, 5.74) is 2.45. The third-order valence-corrected chi connectivity index (χ3v) is 4.09. The van der Waals surface area contributed by atoms with Crippen LogP contribution < -0.4 is 10.6 Å². The van der Waals surface area contributed by atoms with Gasteiger partial charge >= 0.3 is 0 Å². The number of carbonyl (C=O) groups excluding carboxylic acids is 1. The maximum absolute atomic E-state index is 11.9. The van der Waals surface area contributed by atoms with E-state index in [2.05, 4.69) is 42.0 Å². The molecule has 1 heterocycles. The minimum Gasteiger partial charge on any atom is -0.351 e. The number of hydrogen-bond donors (Lipinski definition) is 2. The van der Waals surface area contributed by atoms with Gasteiger partial charge in [0.25, 0.3) is 0 Å². The van der Waals surface area contributed by atoms with E-state index in [-0.39, 0.29) is 24.4 Å². The second-order valence-electron chi connectivity index (χ2n) is 4.68. The van der Waals surface area contributed by atoms with Crippen LogP contribution in [-0.2, 0) is 11.3 Å². The van der Waals surface area contributed by atoms with Crippen molar-refractivity contribution in [3.63, 3.8) is 0 Å². The fourth-order valence-corrected chi connectivity index (χ4v) is 2.92. The highest BCUT2D eigenvalue weighted by Gasteiger charge is 2.21. The molecule has 0 bridgehead atoms. The lowest BCUT2D eigenvalue weighted by molar-refractivity contribution is -0.122. The van der Waals surface area contributed by atoms with Crippen LogP contribution in [-0.4, -0.2) is 24.7 Å². The van der Waals surface area contributed by atoms with Crippen LogP contribution in [0.5, 0.6) is 0 Å². The molecule has 3 nitrogen and oxygen atoms in total. The zero-order valence-electron chi connectivity index (χ0n) is 11.4. The quantitative estimate of drug-likeness (QED) is 0.840. The third kappa shape index (κ3) is 4.41. The summed E-state index contributed by atoms with van der Waals surface area (Å²) in [5.74, 6) is 0.125.